The summed E-state index contributed by atoms with van der Waals surface area (Å²) in [7, 11) is 0. The molecule has 0 aliphatic heterocycles. The topological polar surface area (TPSA) is 0 Å². The molecular weight excluding hydrogens is 374 g/mol. The van der Waals surface area contributed by atoms with Gasteiger partial charge in [0.05, 0.1) is 0 Å². The Labute approximate surface area is 180 Å². The highest BCUT2D eigenvalue weighted by molar-refractivity contribution is 5.72. The zero-order chi connectivity index (χ0) is 21.3. The largest absolute Gasteiger partial charge is 0.206 e. The van der Waals surface area contributed by atoms with Crippen LogP contribution in [-0.4, -0.2) is 0 Å². The molecule has 0 bridgehead atoms. The molecule has 0 fully saturated rings. The van der Waals surface area contributed by atoms with Gasteiger partial charge in [-0.15, -0.1) is 0 Å². The van der Waals surface area contributed by atoms with Crippen molar-refractivity contribution >= 4 is 0 Å². The normalized spacial score (nSPS) is 11.1. The van der Waals surface area contributed by atoms with E-state index in [0.29, 0.717) is 22.3 Å². The molecule has 3 rings (SSSR count). The Morgan fingerprint density at radius 3 is 1.23 bits per heavy atom. The molecule has 0 aliphatic rings. The van der Waals surface area contributed by atoms with Crippen LogP contribution in [0.5, 0.6) is 0 Å². The molecule has 0 N–H and O–H groups in total. The number of halogens is 2. The molecule has 0 saturated carbocycles. The summed E-state index contributed by atoms with van der Waals surface area (Å²) in [6, 6.07) is 18.3. The molecule has 0 saturated heterocycles. The summed E-state index contributed by atoms with van der Waals surface area (Å²) < 4.78 is 29.7. The molecule has 30 heavy (non-hydrogen) atoms. The first kappa shape index (κ1) is 22.2. The lowest BCUT2D eigenvalue weighted by molar-refractivity contribution is 0.606. The lowest BCUT2D eigenvalue weighted by Gasteiger charge is -2.10. The van der Waals surface area contributed by atoms with Gasteiger partial charge in [-0.25, -0.2) is 8.78 Å². The second-order valence-corrected chi connectivity index (χ2v) is 8.12. The van der Waals surface area contributed by atoms with E-state index >= 15 is 0 Å². The molecule has 0 aliphatic carbocycles. The number of aryl methyl sites for hydroxylation is 2. The maximum absolute atomic E-state index is 14.9. The molecule has 0 radical (unpaired) electrons. The van der Waals surface area contributed by atoms with Crippen LogP contribution < -0.4 is 0 Å². The van der Waals surface area contributed by atoms with Crippen molar-refractivity contribution in [3.8, 4) is 22.3 Å². The summed E-state index contributed by atoms with van der Waals surface area (Å²) in [6.07, 6.45) is 9.17. The van der Waals surface area contributed by atoms with Crippen molar-refractivity contribution in [1.29, 1.82) is 0 Å². The highest BCUT2D eigenvalue weighted by atomic mass is 19.1. The van der Waals surface area contributed by atoms with Gasteiger partial charge in [0, 0.05) is 11.1 Å². The van der Waals surface area contributed by atoms with E-state index in [4.69, 9.17) is 0 Å². The third kappa shape index (κ3) is 5.78. The summed E-state index contributed by atoms with van der Waals surface area (Å²) >= 11 is 0. The summed E-state index contributed by atoms with van der Waals surface area (Å²) in [4.78, 5) is 0. The predicted molar refractivity (Wildman–Crippen MR) is 124 cm³/mol. The Morgan fingerprint density at radius 2 is 0.900 bits per heavy atom. The summed E-state index contributed by atoms with van der Waals surface area (Å²) in [5.74, 6) is -0.783. The van der Waals surface area contributed by atoms with E-state index in [1.807, 2.05) is 48.5 Å². The predicted octanol–water partition coefficient (Wildman–Crippen LogP) is 8.76. The molecule has 0 unspecified atom stereocenters. The van der Waals surface area contributed by atoms with Gasteiger partial charge >= 0.3 is 0 Å². The Morgan fingerprint density at radius 1 is 0.533 bits per heavy atom. The van der Waals surface area contributed by atoms with Crippen LogP contribution in [0.3, 0.4) is 0 Å². The molecule has 0 heterocycles. The minimum Gasteiger partial charge on any atom is -0.206 e. The van der Waals surface area contributed by atoms with E-state index < -0.39 is 11.6 Å². The van der Waals surface area contributed by atoms with Crippen molar-refractivity contribution < 1.29 is 8.78 Å². The van der Waals surface area contributed by atoms with Gasteiger partial charge in [-0.3, -0.25) is 0 Å². The van der Waals surface area contributed by atoms with Crippen molar-refractivity contribution in [3.63, 3.8) is 0 Å². The first-order valence-corrected chi connectivity index (χ1v) is 11.3. The van der Waals surface area contributed by atoms with Crippen molar-refractivity contribution in [3.05, 3.63) is 83.4 Å². The van der Waals surface area contributed by atoms with E-state index in [1.54, 1.807) is 0 Å². The van der Waals surface area contributed by atoms with Gasteiger partial charge in [-0.2, -0.15) is 0 Å². The lowest BCUT2D eigenvalue weighted by atomic mass is 9.96. The van der Waals surface area contributed by atoms with Crippen molar-refractivity contribution in [1.82, 2.24) is 0 Å². The van der Waals surface area contributed by atoms with Gasteiger partial charge in [0.15, 0.2) is 0 Å². The van der Waals surface area contributed by atoms with Gasteiger partial charge < -0.3 is 0 Å². The number of unbranched alkanes of at least 4 members (excludes halogenated alkanes) is 4. The minimum absolute atomic E-state index is 0.313. The average molecular weight is 407 g/mol. The molecule has 158 valence electrons. The van der Waals surface area contributed by atoms with Crippen LogP contribution in [0.4, 0.5) is 8.78 Å². The van der Waals surface area contributed by atoms with E-state index in [9.17, 15) is 8.78 Å². The van der Waals surface area contributed by atoms with Crippen molar-refractivity contribution in [2.75, 3.05) is 0 Å². The Bertz CT molecular complexity index is 845. The van der Waals surface area contributed by atoms with Gasteiger partial charge in [0.2, 0.25) is 0 Å². The van der Waals surface area contributed by atoms with E-state index in [1.165, 1.54) is 48.9 Å². The second-order valence-electron chi connectivity index (χ2n) is 8.12. The van der Waals surface area contributed by atoms with Crippen molar-refractivity contribution in [2.24, 2.45) is 0 Å². The fourth-order valence-electron chi connectivity index (χ4n) is 3.85. The van der Waals surface area contributed by atoms with Crippen LogP contribution in [-0.2, 0) is 12.8 Å². The fourth-order valence-corrected chi connectivity index (χ4v) is 3.85. The average Bonchev–Trinajstić information content (AvgIpc) is 2.77. The molecule has 2 heteroatoms. The molecule has 0 nitrogen and oxygen atoms in total. The molecule has 3 aromatic rings. The standard InChI is InChI=1S/C28H32F2/c1-3-5-7-9-21-11-15-23(16-12-21)25-19-28(30)26(20-27(25)29)24-17-13-22(14-18-24)10-8-6-4-2/h11-20H,3-10H2,1-2H3. The first-order chi connectivity index (χ1) is 14.6. The molecule has 0 spiro atoms. The van der Waals surface area contributed by atoms with E-state index in [-0.39, 0.29) is 0 Å². The van der Waals surface area contributed by atoms with Crippen LogP contribution >= 0.6 is 0 Å². The van der Waals surface area contributed by atoms with Crippen LogP contribution in [0, 0.1) is 11.6 Å². The van der Waals surface area contributed by atoms with Gasteiger partial charge in [0.25, 0.3) is 0 Å². The van der Waals surface area contributed by atoms with Crippen LogP contribution in [0.1, 0.15) is 63.5 Å². The Kier molecular flexibility index (Phi) is 8.19. The third-order valence-corrected chi connectivity index (χ3v) is 5.72. The maximum atomic E-state index is 14.9. The van der Waals surface area contributed by atoms with Gasteiger partial charge in [-0.1, -0.05) is 88.1 Å². The minimum atomic E-state index is -0.392. The van der Waals surface area contributed by atoms with Gasteiger partial charge in [0.1, 0.15) is 11.6 Å². The Balaban J connectivity index is 1.77. The van der Waals surface area contributed by atoms with E-state index in [2.05, 4.69) is 13.8 Å². The monoisotopic (exact) mass is 406 g/mol. The third-order valence-electron chi connectivity index (χ3n) is 5.72. The number of hydrogen-bond acceptors (Lipinski definition) is 0. The molecule has 3 aromatic carbocycles. The zero-order valence-electron chi connectivity index (χ0n) is 18.2. The van der Waals surface area contributed by atoms with Crippen molar-refractivity contribution in [2.45, 2.75) is 65.2 Å². The number of hydrogen-bond donors (Lipinski definition) is 0. The molecular formula is C28H32F2. The highest BCUT2D eigenvalue weighted by Crippen LogP contribution is 2.31. The molecule has 0 amide bonds. The van der Waals surface area contributed by atoms with Crippen LogP contribution in [0.2, 0.25) is 0 Å². The molecule has 0 atom stereocenters. The smallest absolute Gasteiger partial charge is 0.131 e. The van der Waals surface area contributed by atoms with Crippen LogP contribution in [0.15, 0.2) is 60.7 Å². The SMILES string of the molecule is CCCCCc1ccc(-c2cc(F)c(-c3ccc(CCCCC)cc3)cc2F)cc1. The first-order valence-electron chi connectivity index (χ1n) is 11.3. The fraction of sp³-hybridized carbons (Fsp3) is 0.357. The Hall–Kier alpha value is -2.48. The summed E-state index contributed by atoms with van der Waals surface area (Å²) in [5, 5.41) is 0. The molecule has 0 aromatic heterocycles. The lowest BCUT2D eigenvalue weighted by Crippen LogP contribution is -1.93. The summed E-state index contributed by atoms with van der Waals surface area (Å²) in [6.45, 7) is 4.37. The zero-order valence-corrected chi connectivity index (χ0v) is 18.2. The highest BCUT2D eigenvalue weighted by Gasteiger charge is 2.13. The summed E-state index contributed by atoms with van der Waals surface area (Å²) in [5.41, 5.74) is 4.53. The maximum Gasteiger partial charge on any atom is 0.131 e. The quantitative estimate of drug-likeness (QED) is 0.295. The number of rotatable bonds is 10. The van der Waals surface area contributed by atoms with E-state index in [0.717, 1.165) is 25.7 Å². The van der Waals surface area contributed by atoms with Crippen LogP contribution in [0.25, 0.3) is 22.3 Å². The van der Waals surface area contributed by atoms with Gasteiger partial charge in [-0.05, 0) is 60.1 Å². The number of benzene rings is 3. The second kappa shape index (κ2) is 11.1.